The van der Waals surface area contributed by atoms with Gasteiger partial charge in [-0.1, -0.05) is 16.8 Å². The molecule has 3 heterocycles. The summed E-state index contributed by atoms with van der Waals surface area (Å²) in [5, 5.41) is 4.62. The summed E-state index contributed by atoms with van der Waals surface area (Å²) in [4.78, 5) is 11.2. The zero-order valence-corrected chi connectivity index (χ0v) is 16.3. The van der Waals surface area contributed by atoms with Crippen molar-refractivity contribution in [3.63, 3.8) is 0 Å². The minimum Gasteiger partial charge on any atom is -0.440 e. The Morgan fingerprint density at radius 2 is 1.96 bits per heavy atom. The molecule has 2 aromatic heterocycles. The van der Waals surface area contributed by atoms with Gasteiger partial charge >= 0.3 is 0 Å². The van der Waals surface area contributed by atoms with E-state index in [1.165, 1.54) is 0 Å². The maximum absolute atomic E-state index is 6.01. The molecule has 0 bridgehead atoms. The first kappa shape index (κ1) is 20.9. The first-order valence-electron chi connectivity index (χ1n) is 8.01. The third-order valence-electron chi connectivity index (χ3n) is 4.35. The smallest absolute Gasteiger partial charge is 0.240 e. The van der Waals surface area contributed by atoms with Crippen LogP contribution in [0.2, 0.25) is 5.02 Å². The fourth-order valence-corrected chi connectivity index (χ4v) is 3.23. The number of rotatable bonds is 4. The fraction of sp³-hybridized carbons (Fsp3) is 0.438. The van der Waals surface area contributed by atoms with Crippen LogP contribution in [0.4, 0.5) is 0 Å². The normalized spacial score (nSPS) is 15.6. The molecule has 0 aliphatic carbocycles. The minimum absolute atomic E-state index is 0. The Morgan fingerprint density at radius 3 is 2.65 bits per heavy atom. The van der Waals surface area contributed by atoms with Crippen molar-refractivity contribution in [2.45, 2.75) is 31.8 Å². The van der Waals surface area contributed by atoms with E-state index >= 15 is 0 Å². The molecule has 0 spiro atoms. The number of oxazole rings is 1. The SMILES string of the molecule is Cl.Cl.NCc1nc(CN2CCC(c3nc4cc(Cl)ccc4o3)CC2)no1. The second-order valence-electron chi connectivity index (χ2n) is 6.02. The average Bonchev–Trinajstić information content (AvgIpc) is 3.21. The van der Waals surface area contributed by atoms with Crippen molar-refractivity contribution >= 4 is 47.5 Å². The van der Waals surface area contributed by atoms with Gasteiger partial charge in [0.15, 0.2) is 17.3 Å². The summed E-state index contributed by atoms with van der Waals surface area (Å²) >= 11 is 6.01. The molecule has 1 aromatic carbocycles. The second kappa shape index (κ2) is 9.01. The largest absolute Gasteiger partial charge is 0.440 e. The Bertz CT molecular complexity index is 845. The van der Waals surface area contributed by atoms with Gasteiger partial charge < -0.3 is 14.7 Å². The summed E-state index contributed by atoms with van der Waals surface area (Å²) in [5.41, 5.74) is 7.09. The van der Waals surface area contributed by atoms with Crippen molar-refractivity contribution in [1.82, 2.24) is 20.0 Å². The molecular weight excluding hydrogens is 401 g/mol. The summed E-state index contributed by atoms with van der Waals surface area (Å²) in [6.45, 7) is 2.84. The molecule has 2 N–H and O–H groups in total. The lowest BCUT2D eigenvalue weighted by atomic mass is 9.97. The van der Waals surface area contributed by atoms with Gasteiger partial charge in [0, 0.05) is 10.9 Å². The number of hydrogen-bond donors (Lipinski definition) is 1. The van der Waals surface area contributed by atoms with E-state index in [0.29, 0.717) is 29.2 Å². The van der Waals surface area contributed by atoms with Gasteiger partial charge in [-0.3, -0.25) is 4.90 Å². The molecule has 0 radical (unpaired) electrons. The molecule has 4 rings (SSSR count). The monoisotopic (exact) mass is 419 g/mol. The van der Waals surface area contributed by atoms with E-state index in [2.05, 4.69) is 20.0 Å². The lowest BCUT2D eigenvalue weighted by Crippen LogP contribution is -2.32. The lowest BCUT2D eigenvalue weighted by molar-refractivity contribution is 0.188. The van der Waals surface area contributed by atoms with Gasteiger partial charge in [-0.25, -0.2) is 4.98 Å². The van der Waals surface area contributed by atoms with Gasteiger partial charge in [-0.05, 0) is 44.1 Å². The molecule has 0 atom stereocenters. The van der Waals surface area contributed by atoms with E-state index in [1.807, 2.05) is 18.2 Å². The van der Waals surface area contributed by atoms with Gasteiger partial charge in [0.25, 0.3) is 0 Å². The predicted octanol–water partition coefficient (Wildman–Crippen LogP) is 3.55. The molecule has 1 aliphatic rings. The van der Waals surface area contributed by atoms with Crippen LogP contribution in [-0.4, -0.2) is 33.1 Å². The van der Waals surface area contributed by atoms with Gasteiger partial charge in [0.05, 0.1) is 13.1 Å². The summed E-state index contributed by atoms with van der Waals surface area (Å²) < 4.78 is 10.9. The van der Waals surface area contributed by atoms with Gasteiger partial charge in [0.1, 0.15) is 5.52 Å². The first-order chi connectivity index (χ1) is 11.7. The number of fused-ring (bicyclic) bond motifs is 1. The average molecular weight is 421 g/mol. The Kier molecular flexibility index (Phi) is 7.25. The number of hydrogen-bond acceptors (Lipinski definition) is 7. The maximum Gasteiger partial charge on any atom is 0.240 e. The molecule has 0 amide bonds. The predicted molar refractivity (Wildman–Crippen MR) is 103 cm³/mol. The number of nitrogens with zero attached hydrogens (tertiary/aromatic N) is 4. The number of likely N-dealkylation sites (tertiary alicyclic amines) is 1. The van der Waals surface area contributed by atoms with Gasteiger partial charge in [-0.2, -0.15) is 4.98 Å². The zero-order valence-electron chi connectivity index (χ0n) is 13.9. The standard InChI is InChI=1S/C16H18ClN5O2.2ClH/c17-11-1-2-13-12(7-11)19-16(23-13)10-3-5-22(6-4-10)9-14-20-15(8-18)24-21-14;;/h1-2,7,10H,3-6,8-9,18H2;2*1H. The van der Waals surface area contributed by atoms with Crippen molar-refractivity contribution in [1.29, 1.82) is 0 Å². The number of benzene rings is 1. The number of nitrogens with two attached hydrogens (primary N) is 1. The molecule has 7 nitrogen and oxygen atoms in total. The van der Waals surface area contributed by atoms with Crippen molar-refractivity contribution in [2.75, 3.05) is 13.1 Å². The van der Waals surface area contributed by atoms with E-state index in [-0.39, 0.29) is 31.4 Å². The van der Waals surface area contributed by atoms with Crippen molar-refractivity contribution in [3.05, 3.63) is 40.8 Å². The Hall–Kier alpha value is -1.38. The fourth-order valence-electron chi connectivity index (χ4n) is 3.07. The van der Waals surface area contributed by atoms with E-state index in [0.717, 1.165) is 42.9 Å². The molecule has 26 heavy (non-hydrogen) atoms. The molecule has 0 saturated carbocycles. The highest BCUT2D eigenvalue weighted by Crippen LogP contribution is 2.31. The van der Waals surface area contributed by atoms with Crippen molar-refractivity contribution < 1.29 is 8.94 Å². The summed E-state index contributed by atoms with van der Waals surface area (Å²) in [7, 11) is 0. The van der Waals surface area contributed by atoms with E-state index in [9.17, 15) is 0 Å². The molecule has 0 unspecified atom stereocenters. The second-order valence-corrected chi connectivity index (χ2v) is 6.46. The van der Waals surface area contributed by atoms with E-state index in [4.69, 9.17) is 26.3 Å². The highest BCUT2D eigenvalue weighted by Gasteiger charge is 2.25. The minimum atomic E-state index is 0. The van der Waals surface area contributed by atoms with E-state index in [1.54, 1.807) is 0 Å². The third kappa shape index (κ3) is 4.47. The number of halogens is 3. The van der Waals surface area contributed by atoms with Crippen LogP contribution >= 0.6 is 36.4 Å². The Balaban J connectivity index is 0.00000121. The van der Waals surface area contributed by atoms with Crippen LogP contribution in [0.1, 0.15) is 36.4 Å². The highest BCUT2D eigenvalue weighted by molar-refractivity contribution is 6.31. The van der Waals surface area contributed by atoms with Gasteiger partial charge in [-0.15, -0.1) is 24.8 Å². The summed E-state index contributed by atoms with van der Waals surface area (Å²) in [6.07, 6.45) is 1.98. The van der Waals surface area contributed by atoms with Crippen LogP contribution in [0.15, 0.2) is 27.1 Å². The molecule has 1 saturated heterocycles. The van der Waals surface area contributed by atoms with Crippen LogP contribution in [0, 0.1) is 0 Å². The number of aromatic nitrogens is 3. The van der Waals surface area contributed by atoms with Crippen LogP contribution < -0.4 is 5.73 Å². The summed E-state index contributed by atoms with van der Waals surface area (Å²) in [6, 6.07) is 5.53. The summed E-state index contributed by atoms with van der Waals surface area (Å²) in [5.74, 6) is 2.30. The Labute approximate surface area is 168 Å². The lowest BCUT2D eigenvalue weighted by Gasteiger charge is -2.29. The number of piperidine rings is 1. The molecular formula is C16H20Cl3N5O2. The van der Waals surface area contributed by atoms with Crippen molar-refractivity contribution in [2.24, 2.45) is 5.73 Å². The first-order valence-corrected chi connectivity index (χ1v) is 8.39. The molecule has 1 aliphatic heterocycles. The van der Waals surface area contributed by atoms with E-state index < -0.39 is 0 Å². The van der Waals surface area contributed by atoms with Crippen LogP contribution in [0.5, 0.6) is 0 Å². The highest BCUT2D eigenvalue weighted by atomic mass is 35.5. The zero-order chi connectivity index (χ0) is 16.5. The van der Waals surface area contributed by atoms with Crippen LogP contribution in [-0.2, 0) is 13.1 Å². The van der Waals surface area contributed by atoms with Crippen LogP contribution in [0.25, 0.3) is 11.1 Å². The molecule has 3 aromatic rings. The molecule has 1 fully saturated rings. The van der Waals surface area contributed by atoms with Crippen molar-refractivity contribution in [3.8, 4) is 0 Å². The van der Waals surface area contributed by atoms with Gasteiger partial charge in [0.2, 0.25) is 5.89 Å². The third-order valence-corrected chi connectivity index (χ3v) is 4.59. The molecule has 10 heteroatoms. The Morgan fingerprint density at radius 1 is 1.19 bits per heavy atom. The maximum atomic E-state index is 6.01. The quantitative estimate of drug-likeness (QED) is 0.689. The topological polar surface area (TPSA) is 94.2 Å². The molecule has 142 valence electrons. The van der Waals surface area contributed by atoms with Crippen LogP contribution in [0.3, 0.4) is 0 Å².